The number of hydrogen-bond donors (Lipinski definition) is 0. The van der Waals surface area contributed by atoms with Gasteiger partial charge in [-0.05, 0) is 29.0 Å². The van der Waals surface area contributed by atoms with Gasteiger partial charge < -0.3 is 0 Å². The fourth-order valence-corrected chi connectivity index (χ4v) is 2.13. The molecule has 0 aromatic rings. The number of halogens is 6. The summed E-state index contributed by atoms with van der Waals surface area (Å²) in [7, 11) is 0. The summed E-state index contributed by atoms with van der Waals surface area (Å²) < 4.78 is 61.5. The van der Waals surface area contributed by atoms with Crippen molar-refractivity contribution in [2.75, 3.05) is 6.54 Å². The highest BCUT2D eigenvalue weighted by Gasteiger charge is 2.64. The molecule has 1 rings (SSSR count). The van der Waals surface area contributed by atoms with E-state index in [1.807, 2.05) is 6.92 Å². The molecule has 1 aliphatic heterocycles. The SMILES string of the molecule is CCCCN1N=CN(C(F)(F)C(F)(F)F)C1I. The molecule has 100 valence electrons. The normalized spacial score (nSPS) is 21.5. The van der Waals surface area contributed by atoms with Crippen LogP contribution in [0, 0.1) is 0 Å². The number of nitrogens with zero attached hydrogens (tertiary/aromatic N) is 3. The second-order valence-electron chi connectivity index (χ2n) is 3.50. The zero-order valence-corrected chi connectivity index (χ0v) is 11.0. The van der Waals surface area contributed by atoms with Crippen LogP contribution in [0.1, 0.15) is 19.8 Å². The third-order valence-electron chi connectivity index (χ3n) is 2.21. The molecule has 0 amide bonds. The maximum atomic E-state index is 13.1. The van der Waals surface area contributed by atoms with Gasteiger partial charge in [0.15, 0.2) is 4.17 Å². The summed E-state index contributed by atoms with van der Waals surface area (Å²) in [6.45, 7) is 2.25. The molecule has 17 heavy (non-hydrogen) atoms. The fourth-order valence-electron chi connectivity index (χ4n) is 1.21. The van der Waals surface area contributed by atoms with E-state index in [1.54, 1.807) is 0 Å². The first-order valence-corrected chi connectivity index (χ1v) is 6.14. The highest BCUT2D eigenvalue weighted by atomic mass is 127. The van der Waals surface area contributed by atoms with Gasteiger partial charge in [-0.2, -0.15) is 27.1 Å². The van der Waals surface area contributed by atoms with Crippen molar-refractivity contribution < 1.29 is 22.0 Å². The zero-order chi connectivity index (χ0) is 13.3. The third-order valence-corrected chi connectivity index (χ3v) is 3.45. The van der Waals surface area contributed by atoms with Crippen molar-refractivity contribution in [1.82, 2.24) is 9.91 Å². The Morgan fingerprint density at radius 1 is 1.29 bits per heavy atom. The molecule has 0 N–H and O–H groups in total. The summed E-state index contributed by atoms with van der Waals surface area (Å²) in [6.07, 6.45) is -3.57. The van der Waals surface area contributed by atoms with Crippen LogP contribution in [0.4, 0.5) is 22.0 Å². The van der Waals surface area contributed by atoms with E-state index in [9.17, 15) is 22.0 Å². The zero-order valence-electron chi connectivity index (χ0n) is 8.89. The van der Waals surface area contributed by atoms with Crippen molar-refractivity contribution in [2.45, 2.75) is 36.2 Å². The Labute approximate surface area is 109 Å². The first kappa shape index (κ1) is 14.7. The summed E-state index contributed by atoms with van der Waals surface area (Å²) in [5.74, 6) is 0. The first-order chi connectivity index (χ1) is 7.71. The molecule has 1 unspecified atom stereocenters. The Hall–Kier alpha value is -0.350. The average Bonchev–Trinajstić information content (AvgIpc) is 2.55. The molecule has 0 aliphatic carbocycles. The monoisotopic (exact) mass is 371 g/mol. The maximum Gasteiger partial charge on any atom is 0.475 e. The summed E-state index contributed by atoms with van der Waals surface area (Å²) in [4.78, 5) is -0.0801. The molecular weight excluding hydrogens is 360 g/mol. The molecule has 0 saturated heterocycles. The molecular formula is C8H11F5IN3. The average molecular weight is 371 g/mol. The van der Waals surface area contributed by atoms with Gasteiger partial charge in [-0.1, -0.05) is 13.3 Å². The lowest BCUT2D eigenvalue weighted by molar-refractivity contribution is -0.328. The fraction of sp³-hybridized carbons (Fsp3) is 0.875. The number of rotatable bonds is 4. The van der Waals surface area contributed by atoms with Gasteiger partial charge >= 0.3 is 12.2 Å². The van der Waals surface area contributed by atoms with Crippen LogP contribution in [0.25, 0.3) is 0 Å². The summed E-state index contributed by atoms with van der Waals surface area (Å²) in [5.41, 5.74) is 0. The van der Waals surface area contributed by atoms with Crippen molar-refractivity contribution in [3.63, 3.8) is 0 Å². The molecule has 1 aliphatic rings. The lowest BCUT2D eigenvalue weighted by atomic mass is 10.3. The topological polar surface area (TPSA) is 18.8 Å². The largest absolute Gasteiger partial charge is 0.475 e. The molecule has 0 radical (unpaired) electrons. The molecule has 1 heterocycles. The Kier molecular flexibility index (Phi) is 4.42. The summed E-state index contributed by atoms with van der Waals surface area (Å²) in [5, 5.41) is 4.77. The minimum atomic E-state index is -5.61. The number of hydrazone groups is 1. The van der Waals surface area contributed by atoms with E-state index in [2.05, 4.69) is 5.10 Å². The molecule has 0 bridgehead atoms. The lowest BCUT2D eigenvalue weighted by Gasteiger charge is -2.32. The van der Waals surface area contributed by atoms with Crippen molar-refractivity contribution in [3.8, 4) is 0 Å². The van der Waals surface area contributed by atoms with E-state index in [4.69, 9.17) is 0 Å². The third kappa shape index (κ3) is 2.91. The highest BCUT2D eigenvalue weighted by molar-refractivity contribution is 14.1. The number of unbranched alkanes of at least 4 members (excludes halogenated alkanes) is 1. The Bertz CT molecular complexity index is 293. The van der Waals surface area contributed by atoms with Crippen LogP contribution in [-0.2, 0) is 0 Å². The minimum absolute atomic E-state index is 0.0801. The van der Waals surface area contributed by atoms with E-state index in [-0.39, 0.29) is 4.90 Å². The van der Waals surface area contributed by atoms with Gasteiger partial charge in [-0.3, -0.25) is 9.91 Å². The quantitative estimate of drug-likeness (QED) is 0.327. The predicted octanol–water partition coefficient (Wildman–Crippen LogP) is 3.22. The standard InChI is InChI=1S/C8H11F5IN3/c1-2-3-4-17-6(14)16(5-15-17)8(12,13)7(9,10)11/h5-6H,2-4H2,1H3. The van der Waals surface area contributed by atoms with Crippen LogP contribution in [0.15, 0.2) is 5.10 Å². The molecule has 3 nitrogen and oxygen atoms in total. The van der Waals surface area contributed by atoms with Crippen LogP contribution in [0.5, 0.6) is 0 Å². The van der Waals surface area contributed by atoms with E-state index >= 15 is 0 Å². The van der Waals surface area contributed by atoms with Gasteiger partial charge in [0.1, 0.15) is 6.34 Å². The van der Waals surface area contributed by atoms with Gasteiger partial charge in [0.25, 0.3) is 0 Å². The van der Waals surface area contributed by atoms with Crippen molar-refractivity contribution in [2.24, 2.45) is 5.10 Å². The molecule has 0 aromatic heterocycles. The highest BCUT2D eigenvalue weighted by Crippen LogP contribution is 2.41. The van der Waals surface area contributed by atoms with Gasteiger partial charge in [0.2, 0.25) is 0 Å². The Balaban J connectivity index is 2.74. The maximum absolute atomic E-state index is 13.1. The second kappa shape index (κ2) is 5.11. The van der Waals surface area contributed by atoms with Gasteiger partial charge in [0, 0.05) is 6.54 Å². The summed E-state index contributed by atoms with van der Waals surface area (Å²) in [6, 6.07) is -4.90. The van der Waals surface area contributed by atoms with Crippen molar-refractivity contribution in [3.05, 3.63) is 0 Å². The van der Waals surface area contributed by atoms with Crippen LogP contribution in [0.2, 0.25) is 0 Å². The van der Waals surface area contributed by atoms with E-state index < -0.39 is 16.4 Å². The summed E-state index contributed by atoms with van der Waals surface area (Å²) >= 11 is 1.51. The Morgan fingerprint density at radius 3 is 2.35 bits per heavy atom. The van der Waals surface area contributed by atoms with E-state index in [0.29, 0.717) is 19.3 Å². The van der Waals surface area contributed by atoms with Crippen molar-refractivity contribution >= 4 is 28.9 Å². The van der Waals surface area contributed by atoms with Gasteiger partial charge in [-0.15, -0.1) is 0 Å². The molecule has 0 fully saturated rings. The molecule has 0 spiro atoms. The number of alkyl halides is 6. The lowest BCUT2D eigenvalue weighted by Crippen LogP contribution is -2.54. The smallest absolute Gasteiger partial charge is 0.264 e. The minimum Gasteiger partial charge on any atom is -0.264 e. The van der Waals surface area contributed by atoms with Crippen molar-refractivity contribution in [1.29, 1.82) is 0 Å². The molecule has 1 atom stereocenters. The van der Waals surface area contributed by atoms with Crippen LogP contribution < -0.4 is 0 Å². The van der Waals surface area contributed by atoms with E-state index in [0.717, 1.165) is 6.42 Å². The van der Waals surface area contributed by atoms with E-state index in [1.165, 1.54) is 27.6 Å². The van der Waals surface area contributed by atoms with Crippen LogP contribution in [0.3, 0.4) is 0 Å². The van der Waals surface area contributed by atoms with Gasteiger partial charge in [-0.25, -0.2) is 0 Å². The van der Waals surface area contributed by atoms with Gasteiger partial charge in [0.05, 0.1) is 0 Å². The first-order valence-electron chi connectivity index (χ1n) is 4.89. The molecule has 0 aromatic carbocycles. The Morgan fingerprint density at radius 2 is 1.88 bits per heavy atom. The second-order valence-corrected chi connectivity index (χ2v) is 4.62. The van der Waals surface area contributed by atoms with Crippen LogP contribution >= 0.6 is 22.6 Å². The predicted molar refractivity (Wildman–Crippen MR) is 60.8 cm³/mol. The molecule has 0 saturated carbocycles. The number of hydrogen-bond acceptors (Lipinski definition) is 3. The molecule has 9 heteroatoms. The van der Waals surface area contributed by atoms with Crippen LogP contribution in [-0.4, -0.2) is 39.2 Å².